The van der Waals surface area contributed by atoms with Crippen LogP contribution in [0.3, 0.4) is 0 Å². The Bertz CT molecular complexity index is 581. The predicted octanol–water partition coefficient (Wildman–Crippen LogP) is 1.89. The third-order valence-corrected chi connectivity index (χ3v) is 4.07. The maximum Gasteiger partial charge on any atom is 0.274 e. The van der Waals surface area contributed by atoms with Crippen LogP contribution in [-0.2, 0) is 0 Å². The van der Waals surface area contributed by atoms with Crippen LogP contribution in [0.5, 0.6) is 0 Å². The number of hydrogen-bond donors (Lipinski definition) is 0. The molecule has 0 atom stereocenters. The average Bonchev–Trinajstić information content (AvgIpc) is 2.96. The van der Waals surface area contributed by atoms with Gasteiger partial charge in [-0.15, -0.1) is 0 Å². The smallest absolute Gasteiger partial charge is 0.274 e. The molecule has 0 aromatic carbocycles. The van der Waals surface area contributed by atoms with E-state index in [0.717, 1.165) is 38.4 Å². The lowest BCUT2D eigenvalue weighted by molar-refractivity contribution is 0.0630. The van der Waals surface area contributed by atoms with Gasteiger partial charge in [0.15, 0.2) is 0 Å². The minimum atomic E-state index is 0.0499. The second-order valence-electron chi connectivity index (χ2n) is 5.58. The first-order valence-corrected chi connectivity index (χ1v) is 7.73. The minimum Gasteiger partial charge on any atom is -0.335 e. The van der Waals surface area contributed by atoms with E-state index in [1.807, 2.05) is 39.9 Å². The number of pyridine rings is 1. The van der Waals surface area contributed by atoms with Crippen LogP contribution in [0, 0.1) is 0 Å². The molecule has 1 amide bonds. The fourth-order valence-corrected chi connectivity index (χ4v) is 2.76. The Kier molecular flexibility index (Phi) is 4.20. The van der Waals surface area contributed by atoms with Crippen molar-refractivity contribution in [2.24, 2.45) is 0 Å². The van der Waals surface area contributed by atoms with Crippen LogP contribution >= 0.6 is 0 Å². The third-order valence-electron chi connectivity index (χ3n) is 4.07. The van der Waals surface area contributed by atoms with Gasteiger partial charge in [-0.3, -0.25) is 9.69 Å². The molecule has 2 aromatic rings. The zero-order chi connectivity index (χ0) is 14.7. The summed E-state index contributed by atoms with van der Waals surface area (Å²) in [6, 6.07) is 5.79. The first kappa shape index (κ1) is 14.1. The van der Waals surface area contributed by atoms with E-state index < -0.39 is 0 Å². The van der Waals surface area contributed by atoms with Crippen LogP contribution < -0.4 is 0 Å². The highest BCUT2D eigenvalue weighted by Gasteiger charge is 2.23. The van der Waals surface area contributed by atoms with Gasteiger partial charge in [-0.05, 0) is 25.1 Å². The number of amides is 1. The standard InChI is InChI=1S/C16H22N4O/c1-2-3-7-18-9-11-19(12-10-18)16(21)14-13-20-8-5-4-6-15(20)17-14/h4-6,8,13H,2-3,7,9-12H2,1H3. The molecule has 5 nitrogen and oxygen atoms in total. The molecule has 3 rings (SSSR count). The highest BCUT2D eigenvalue weighted by molar-refractivity contribution is 5.93. The van der Waals surface area contributed by atoms with Gasteiger partial charge in [0.1, 0.15) is 11.3 Å². The molecule has 0 aliphatic carbocycles. The van der Waals surface area contributed by atoms with Crippen molar-refractivity contribution in [2.45, 2.75) is 19.8 Å². The van der Waals surface area contributed by atoms with E-state index in [1.54, 1.807) is 0 Å². The maximum absolute atomic E-state index is 12.5. The number of unbranched alkanes of at least 4 members (excludes halogenated alkanes) is 1. The van der Waals surface area contributed by atoms with Crippen LogP contribution in [0.4, 0.5) is 0 Å². The molecule has 21 heavy (non-hydrogen) atoms. The molecule has 0 unspecified atom stereocenters. The summed E-state index contributed by atoms with van der Waals surface area (Å²) in [6.07, 6.45) is 6.20. The fraction of sp³-hybridized carbons (Fsp3) is 0.500. The Morgan fingerprint density at radius 3 is 2.76 bits per heavy atom. The van der Waals surface area contributed by atoms with E-state index in [1.165, 1.54) is 12.8 Å². The van der Waals surface area contributed by atoms with Crippen LogP contribution in [0.2, 0.25) is 0 Å². The van der Waals surface area contributed by atoms with Crippen LogP contribution in [0.15, 0.2) is 30.6 Å². The Balaban J connectivity index is 1.63. The summed E-state index contributed by atoms with van der Waals surface area (Å²) in [5, 5.41) is 0. The van der Waals surface area contributed by atoms with E-state index in [4.69, 9.17) is 0 Å². The molecule has 112 valence electrons. The largest absolute Gasteiger partial charge is 0.335 e. The van der Waals surface area contributed by atoms with Crippen molar-refractivity contribution in [3.05, 3.63) is 36.3 Å². The number of piperazine rings is 1. The molecule has 3 heterocycles. The first-order chi connectivity index (χ1) is 10.3. The number of fused-ring (bicyclic) bond motifs is 1. The summed E-state index contributed by atoms with van der Waals surface area (Å²) in [6.45, 7) is 6.90. The monoisotopic (exact) mass is 286 g/mol. The van der Waals surface area contributed by atoms with Gasteiger partial charge < -0.3 is 9.30 Å². The van der Waals surface area contributed by atoms with Gasteiger partial charge in [-0.2, -0.15) is 0 Å². The van der Waals surface area contributed by atoms with Crippen molar-refractivity contribution >= 4 is 11.6 Å². The number of aromatic nitrogens is 2. The lowest BCUT2D eigenvalue weighted by atomic mass is 10.2. The summed E-state index contributed by atoms with van der Waals surface area (Å²) in [4.78, 5) is 21.3. The SMILES string of the molecule is CCCCN1CCN(C(=O)c2cn3ccccc3n2)CC1. The summed E-state index contributed by atoms with van der Waals surface area (Å²) < 4.78 is 1.89. The van der Waals surface area contributed by atoms with E-state index in [-0.39, 0.29) is 5.91 Å². The second kappa shape index (κ2) is 6.26. The van der Waals surface area contributed by atoms with Crippen molar-refractivity contribution in [3.8, 4) is 0 Å². The van der Waals surface area contributed by atoms with Gasteiger partial charge in [-0.25, -0.2) is 4.98 Å². The normalized spacial score (nSPS) is 16.5. The maximum atomic E-state index is 12.5. The fourth-order valence-electron chi connectivity index (χ4n) is 2.76. The number of imidazole rings is 1. The van der Waals surface area contributed by atoms with E-state index in [2.05, 4.69) is 16.8 Å². The molecule has 1 aliphatic rings. The molecule has 0 saturated carbocycles. The van der Waals surface area contributed by atoms with Gasteiger partial charge in [0, 0.05) is 38.6 Å². The van der Waals surface area contributed by atoms with Gasteiger partial charge in [-0.1, -0.05) is 19.4 Å². The Morgan fingerprint density at radius 1 is 1.24 bits per heavy atom. The zero-order valence-corrected chi connectivity index (χ0v) is 12.5. The van der Waals surface area contributed by atoms with Gasteiger partial charge in [0.2, 0.25) is 0 Å². The zero-order valence-electron chi connectivity index (χ0n) is 12.5. The molecule has 0 radical (unpaired) electrons. The van der Waals surface area contributed by atoms with E-state index in [0.29, 0.717) is 5.69 Å². The number of nitrogens with zero attached hydrogens (tertiary/aromatic N) is 4. The lowest BCUT2D eigenvalue weighted by Gasteiger charge is -2.34. The van der Waals surface area contributed by atoms with Crippen molar-refractivity contribution in [3.63, 3.8) is 0 Å². The van der Waals surface area contributed by atoms with E-state index >= 15 is 0 Å². The molecule has 0 N–H and O–H groups in total. The minimum absolute atomic E-state index is 0.0499. The van der Waals surface area contributed by atoms with Crippen molar-refractivity contribution in [1.29, 1.82) is 0 Å². The van der Waals surface area contributed by atoms with Gasteiger partial charge in [0.05, 0.1) is 0 Å². The molecule has 2 aromatic heterocycles. The Labute approximate surface area is 125 Å². The van der Waals surface area contributed by atoms with Crippen molar-refractivity contribution in [1.82, 2.24) is 19.2 Å². The lowest BCUT2D eigenvalue weighted by Crippen LogP contribution is -2.48. The molecule has 1 saturated heterocycles. The molecular weight excluding hydrogens is 264 g/mol. The van der Waals surface area contributed by atoms with Crippen molar-refractivity contribution in [2.75, 3.05) is 32.7 Å². The summed E-state index contributed by atoms with van der Waals surface area (Å²) in [5.74, 6) is 0.0499. The first-order valence-electron chi connectivity index (χ1n) is 7.73. The number of hydrogen-bond acceptors (Lipinski definition) is 3. The van der Waals surface area contributed by atoms with Crippen molar-refractivity contribution < 1.29 is 4.79 Å². The Hall–Kier alpha value is -1.88. The predicted molar refractivity (Wildman–Crippen MR) is 82.4 cm³/mol. The highest BCUT2D eigenvalue weighted by Crippen LogP contribution is 2.10. The van der Waals surface area contributed by atoms with Crippen LogP contribution in [0.1, 0.15) is 30.3 Å². The highest BCUT2D eigenvalue weighted by atomic mass is 16.2. The molecule has 0 spiro atoms. The quantitative estimate of drug-likeness (QED) is 0.862. The van der Waals surface area contributed by atoms with Crippen LogP contribution in [0.25, 0.3) is 5.65 Å². The number of carbonyl (C=O) groups is 1. The van der Waals surface area contributed by atoms with Gasteiger partial charge >= 0.3 is 0 Å². The average molecular weight is 286 g/mol. The Morgan fingerprint density at radius 2 is 2.05 bits per heavy atom. The number of rotatable bonds is 4. The molecule has 0 bridgehead atoms. The molecule has 5 heteroatoms. The molecule has 1 fully saturated rings. The second-order valence-corrected chi connectivity index (χ2v) is 5.58. The van der Waals surface area contributed by atoms with E-state index in [9.17, 15) is 4.79 Å². The third kappa shape index (κ3) is 3.08. The molecular formula is C16H22N4O. The summed E-state index contributed by atoms with van der Waals surface area (Å²) in [5.41, 5.74) is 1.37. The van der Waals surface area contributed by atoms with Crippen LogP contribution in [-0.4, -0.2) is 57.8 Å². The summed E-state index contributed by atoms with van der Waals surface area (Å²) >= 11 is 0. The molecule has 1 aliphatic heterocycles. The van der Waals surface area contributed by atoms with Gasteiger partial charge in [0.25, 0.3) is 5.91 Å². The summed E-state index contributed by atoms with van der Waals surface area (Å²) in [7, 11) is 0. The topological polar surface area (TPSA) is 40.9 Å². The number of carbonyl (C=O) groups excluding carboxylic acids is 1.